The minimum atomic E-state index is -1.76. The molecule has 1 aromatic carbocycles. The van der Waals surface area contributed by atoms with E-state index in [1.54, 1.807) is 12.2 Å². The zero-order chi connectivity index (χ0) is 18.6. The van der Waals surface area contributed by atoms with Crippen LogP contribution in [0.2, 0.25) is 18.1 Å². The number of benzene rings is 1. The average Bonchev–Trinajstić information content (AvgIpc) is 2.42. The Bertz CT molecular complexity index is 592. The molecule has 24 heavy (non-hydrogen) atoms. The van der Waals surface area contributed by atoms with Gasteiger partial charge in [-0.1, -0.05) is 59.8 Å². The number of amides is 1. The van der Waals surface area contributed by atoms with Gasteiger partial charge in [-0.25, -0.2) is 0 Å². The van der Waals surface area contributed by atoms with Crippen LogP contribution >= 0.6 is 0 Å². The lowest BCUT2D eigenvalue weighted by atomic mass is 9.87. The maximum Gasteiger partial charge on any atom is 0.248 e. The first kappa shape index (κ1) is 20.7. The molecule has 1 aromatic rings. The zero-order valence-corrected chi connectivity index (χ0v) is 17.5. The molecule has 134 valence electrons. The lowest BCUT2D eigenvalue weighted by Gasteiger charge is -2.35. The zero-order valence-electron chi connectivity index (χ0n) is 16.5. The molecule has 0 atom stereocenters. The maximum atomic E-state index is 12.1. The van der Waals surface area contributed by atoms with Crippen molar-refractivity contribution in [3.8, 4) is 0 Å². The van der Waals surface area contributed by atoms with Crippen LogP contribution in [0.5, 0.6) is 0 Å². The van der Waals surface area contributed by atoms with Gasteiger partial charge in [0.25, 0.3) is 0 Å². The van der Waals surface area contributed by atoms with Crippen LogP contribution in [0.15, 0.2) is 36.4 Å². The number of carbonyl (C=O) groups excluding carboxylic acids is 1. The van der Waals surface area contributed by atoms with Gasteiger partial charge in [-0.3, -0.25) is 4.79 Å². The Balaban J connectivity index is 2.58. The Morgan fingerprint density at radius 3 is 2.33 bits per heavy atom. The molecule has 1 rings (SSSR count). The molecule has 0 saturated heterocycles. The first-order valence-electron chi connectivity index (χ1n) is 8.55. The number of hydrogen-bond donors (Lipinski definition) is 1. The van der Waals surface area contributed by atoms with Gasteiger partial charge < -0.3 is 9.74 Å². The van der Waals surface area contributed by atoms with E-state index in [9.17, 15) is 4.79 Å². The molecule has 0 spiro atoms. The highest BCUT2D eigenvalue weighted by atomic mass is 28.4. The van der Waals surface area contributed by atoms with E-state index in [-0.39, 0.29) is 16.4 Å². The topological polar surface area (TPSA) is 38.3 Å². The van der Waals surface area contributed by atoms with Crippen LogP contribution in [0.25, 0.3) is 0 Å². The summed E-state index contributed by atoms with van der Waals surface area (Å²) in [5, 5.41) is 3.09. The van der Waals surface area contributed by atoms with Crippen molar-refractivity contribution >= 4 is 19.9 Å². The van der Waals surface area contributed by atoms with Crippen molar-refractivity contribution in [1.82, 2.24) is 0 Å². The van der Waals surface area contributed by atoms with E-state index in [2.05, 4.69) is 66.0 Å². The first-order valence-corrected chi connectivity index (χ1v) is 11.5. The number of hydrogen-bond acceptors (Lipinski definition) is 2. The molecule has 3 nitrogen and oxygen atoms in total. The summed E-state index contributed by atoms with van der Waals surface area (Å²) in [6, 6.07) is 7.99. The van der Waals surface area contributed by atoms with E-state index >= 15 is 0 Å². The first-order chi connectivity index (χ1) is 10.8. The molecule has 0 unspecified atom stereocenters. The van der Waals surface area contributed by atoms with E-state index in [1.807, 2.05) is 18.2 Å². The van der Waals surface area contributed by atoms with Crippen molar-refractivity contribution in [3.63, 3.8) is 0 Å². The normalized spacial score (nSPS) is 13.3. The summed E-state index contributed by atoms with van der Waals surface area (Å²) in [6.45, 7) is 18.0. The van der Waals surface area contributed by atoms with Crippen molar-refractivity contribution in [2.45, 2.75) is 65.1 Å². The monoisotopic (exact) mass is 347 g/mol. The van der Waals surface area contributed by atoms with Crippen LogP contribution < -0.4 is 5.32 Å². The number of anilines is 1. The molecule has 0 aromatic heterocycles. The average molecular weight is 348 g/mol. The van der Waals surface area contributed by atoms with Crippen molar-refractivity contribution in [2.24, 2.45) is 0 Å². The summed E-state index contributed by atoms with van der Waals surface area (Å²) in [6.07, 6.45) is 3.35. The fraction of sp³-hybridized carbons (Fsp3) is 0.550. The van der Waals surface area contributed by atoms with E-state index in [0.717, 1.165) is 5.69 Å². The minimum Gasteiger partial charge on any atom is -0.413 e. The van der Waals surface area contributed by atoms with Crippen molar-refractivity contribution < 1.29 is 9.22 Å². The molecule has 0 aliphatic heterocycles. The van der Waals surface area contributed by atoms with E-state index in [1.165, 1.54) is 5.56 Å². The maximum absolute atomic E-state index is 12.1. The fourth-order valence-electron chi connectivity index (χ4n) is 1.88. The van der Waals surface area contributed by atoms with Crippen LogP contribution in [-0.4, -0.2) is 20.8 Å². The second kappa shape index (κ2) is 7.66. The third-order valence-electron chi connectivity index (χ3n) is 4.61. The molecule has 0 heterocycles. The Hall–Kier alpha value is -1.39. The molecule has 1 amide bonds. The van der Waals surface area contributed by atoms with Crippen molar-refractivity contribution in [1.29, 1.82) is 0 Å². The second-order valence-corrected chi connectivity index (χ2v) is 13.6. The third kappa shape index (κ3) is 6.25. The largest absolute Gasteiger partial charge is 0.413 e. The van der Waals surface area contributed by atoms with Gasteiger partial charge in [-0.15, -0.1) is 0 Å². The van der Waals surface area contributed by atoms with Gasteiger partial charge in [0.05, 0.1) is 6.61 Å². The van der Waals surface area contributed by atoms with Gasteiger partial charge in [0.2, 0.25) is 5.91 Å². The Labute approximate surface area is 148 Å². The highest BCUT2D eigenvalue weighted by molar-refractivity contribution is 6.74. The summed E-state index contributed by atoms with van der Waals surface area (Å²) < 4.78 is 6.03. The van der Waals surface area contributed by atoms with Crippen LogP contribution in [0.1, 0.15) is 47.1 Å². The molecular formula is C20H33NO2Si. The highest BCUT2D eigenvalue weighted by Crippen LogP contribution is 2.36. The predicted molar refractivity (Wildman–Crippen MR) is 106 cm³/mol. The summed E-state index contributed by atoms with van der Waals surface area (Å²) in [5.41, 5.74) is 2.08. The van der Waals surface area contributed by atoms with Crippen molar-refractivity contribution in [2.75, 3.05) is 11.9 Å². The van der Waals surface area contributed by atoms with E-state index in [0.29, 0.717) is 6.61 Å². The van der Waals surface area contributed by atoms with Gasteiger partial charge in [-0.05, 0) is 41.2 Å². The van der Waals surface area contributed by atoms with Crippen molar-refractivity contribution in [3.05, 3.63) is 42.0 Å². The summed E-state index contributed by atoms with van der Waals surface area (Å²) in [4.78, 5) is 12.1. The van der Waals surface area contributed by atoms with Crippen LogP contribution in [0.3, 0.4) is 0 Å². The van der Waals surface area contributed by atoms with Gasteiger partial charge in [0.1, 0.15) is 0 Å². The van der Waals surface area contributed by atoms with Crippen LogP contribution in [-0.2, 0) is 14.6 Å². The Morgan fingerprint density at radius 1 is 1.17 bits per heavy atom. The molecule has 0 aliphatic carbocycles. The number of rotatable bonds is 5. The number of carbonyl (C=O) groups is 1. The summed E-state index contributed by atoms with van der Waals surface area (Å²) >= 11 is 0. The van der Waals surface area contributed by atoms with Gasteiger partial charge in [-0.2, -0.15) is 0 Å². The molecule has 0 saturated carbocycles. The smallest absolute Gasteiger partial charge is 0.248 e. The second-order valence-electron chi connectivity index (χ2n) is 8.79. The molecular weight excluding hydrogens is 314 g/mol. The molecule has 0 bridgehead atoms. The van der Waals surface area contributed by atoms with Crippen LogP contribution in [0, 0.1) is 0 Å². The number of nitrogens with one attached hydrogen (secondary N) is 1. The summed E-state index contributed by atoms with van der Waals surface area (Å²) in [5.74, 6) is -0.125. The fourth-order valence-corrected chi connectivity index (χ4v) is 2.82. The quantitative estimate of drug-likeness (QED) is 0.564. The molecule has 0 radical (unpaired) electrons. The predicted octanol–water partition coefficient (Wildman–Crippen LogP) is 5.50. The highest BCUT2D eigenvalue weighted by Gasteiger charge is 2.36. The lowest BCUT2D eigenvalue weighted by molar-refractivity contribution is -0.111. The molecule has 1 N–H and O–H groups in total. The summed E-state index contributed by atoms with van der Waals surface area (Å²) in [7, 11) is -1.76. The molecule has 4 heteroatoms. The molecule has 0 aliphatic rings. The lowest BCUT2D eigenvalue weighted by Crippen LogP contribution is -2.40. The minimum absolute atomic E-state index is 0.0631. The molecule has 0 fully saturated rings. The van der Waals surface area contributed by atoms with Crippen LogP contribution in [0.4, 0.5) is 5.69 Å². The SMILES string of the molecule is CC(C)(C)c1cccc(NC(=O)/C=C/CO[Si](C)(C)C(C)(C)C)c1. The Morgan fingerprint density at radius 2 is 1.79 bits per heavy atom. The van der Waals surface area contributed by atoms with Gasteiger partial charge in [0, 0.05) is 11.8 Å². The van der Waals surface area contributed by atoms with E-state index < -0.39 is 8.32 Å². The van der Waals surface area contributed by atoms with Gasteiger partial charge >= 0.3 is 0 Å². The standard InChI is InChI=1S/C20H33NO2Si/c1-19(2,3)16-11-9-12-17(15-16)21-18(22)13-10-14-23-24(7,8)20(4,5)6/h9-13,15H,14H2,1-8H3,(H,21,22)/b13-10+. The third-order valence-corrected chi connectivity index (χ3v) is 9.11. The van der Waals surface area contributed by atoms with E-state index in [4.69, 9.17) is 4.43 Å². The van der Waals surface area contributed by atoms with Gasteiger partial charge in [0.15, 0.2) is 8.32 Å². The Kier molecular flexibility index (Phi) is 6.59.